The van der Waals surface area contributed by atoms with Gasteiger partial charge in [-0.15, -0.1) is 0 Å². The van der Waals surface area contributed by atoms with E-state index < -0.39 is 15.6 Å². The smallest absolute Gasteiger partial charge is 0.141 e. The summed E-state index contributed by atoms with van der Waals surface area (Å²) in [5.74, 6) is -0.662. The van der Waals surface area contributed by atoms with Crippen molar-refractivity contribution in [2.45, 2.75) is 0 Å². The van der Waals surface area contributed by atoms with E-state index in [-0.39, 0.29) is 33.8 Å². The number of phosphoric acid groups is 2. The minimum atomic E-state index is -5.68. The summed E-state index contributed by atoms with van der Waals surface area (Å²) in [6.07, 6.45) is 0. The molecule has 202 valence electrons. The van der Waals surface area contributed by atoms with E-state index in [2.05, 4.69) is 0 Å². The van der Waals surface area contributed by atoms with Gasteiger partial charge in [0.1, 0.15) is 27.1 Å². The van der Waals surface area contributed by atoms with Crippen LogP contribution in [0, 0.1) is 0 Å². The van der Waals surface area contributed by atoms with E-state index >= 15 is 0 Å². The Balaban J connectivity index is 2.11. The van der Waals surface area contributed by atoms with Gasteiger partial charge in [0.05, 0.1) is 0 Å². The highest BCUT2D eigenvalue weighted by molar-refractivity contribution is 7.44. The number of hydrogen-bond acceptors (Lipinski definition) is 8. The molecule has 0 radical (unpaired) electrons. The molecule has 5 aromatic carbocycles. The lowest BCUT2D eigenvalue weighted by molar-refractivity contribution is -0.335. The Morgan fingerprint density at radius 1 is 0.375 bits per heavy atom. The van der Waals surface area contributed by atoms with E-state index in [1.165, 1.54) is 0 Å². The monoisotopic (exact) mass is 570 g/mol. The number of rotatable bonds is 8. The average molecular weight is 570 g/mol. The van der Waals surface area contributed by atoms with Gasteiger partial charge in [-0.1, -0.05) is 121 Å². The molecule has 0 amide bonds. The van der Waals surface area contributed by atoms with Gasteiger partial charge in [0.15, 0.2) is 0 Å². The maximum absolute atomic E-state index is 12.3. The molecule has 10 heteroatoms. The molecule has 0 heterocycles. The maximum atomic E-state index is 12.3. The molecule has 0 unspecified atom stereocenters. The van der Waals surface area contributed by atoms with E-state index in [9.17, 15) is 28.7 Å². The van der Waals surface area contributed by atoms with Crippen LogP contribution in [0.5, 0.6) is 11.5 Å². The second kappa shape index (κ2) is 11.2. The predicted molar refractivity (Wildman–Crippen MR) is 145 cm³/mol. The molecule has 0 saturated carbocycles. The molecule has 0 aliphatic heterocycles. The molecule has 0 spiro atoms. The summed E-state index contributed by atoms with van der Waals surface area (Å²) in [4.78, 5) is 49.0. The Hall–Kier alpha value is -4.00. The fourth-order valence-corrected chi connectivity index (χ4v) is 5.44. The summed E-state index contributed by atoms with van der Waals surface area (Å²) >= 11 is 0. The lowest BCUT2D eigenvalue weighted by Crippen LogP contribution is -2.21. The highest BCUT2D eigenvalue weighted by Crippen LogP contribution is 2.59. The predicted octanol–water partition coefficient (Wildman–Crippen LogP) is 4.77. The first kappa shape index (κ1) is 27.6. The molecule has 5 aromatic rings. The van der Waals surface area contributed by atoms with Crippen LogP contribution in [0.25, 0.3) is 44.5 Å². The first-order chi connectivity index (χ1) is 19.1. The molecular weight excluding hydrogens is 550 g/mol. The van der Waals surface area contributed by atoms with Crippen LogP contribution in [0.1, 0.15) is 0 Å². The fourth-order valence-electron chi connectivity index (χ4n) is 4.63. The van der Waals surface area contributed by atoms with Crippen molar-refractivity contribution in [2.75, 3.05) is 0 Å². The van der Waals surface area contributed by atoms with Crippen LogP contribution in [-0.4, -0.2) is 0 Å². The normalized spacial score (nSPS) is 11.7. The molecule has 8 nitrogen and oxygen atoms in total. The summed E-state index contributed by atoms with van der Waals surface area (Å²) in [6, 6.07) is 33.5. The van der Waals surface area contributed by atoms with Crippen LogP contribution in [0.3, 0.4) is 0 Å². The Kier molecular flexibility index (Phi) is 7.74. The van der Waals surface area contributed by atoms with Gasteiger partial charge in [-0.3, -0.25) is 0 Å². The minimum Gasteiger partial charge on any atom is -0.780 e. The number of phosphoric ester groups is 2. The molecule has 0 N–H and O–H groups in total. The zero-order valence-electron chi connectivity index (χ0n) is 20.7. The molecule has 5 rings (SSSR count). The molecule has 0 fully saturated rings. The Bertz CT molecular complexity index is 1480. The van der Waals surface area contributed by atoms with Gasteiger partial charge in [0.2, 0.25) is 0 Å². The molecule has 0 bridgehead atoms. The topological polar surface area (TPSA) is 145 Å². The quantitative estimate of drug-likeness (QED) is 0.243. The van der Waals surface area contributed by atoms with Crippen molar-refractivity contribution in [1.82, 2.24) is 0 Å². The first-order valence-corrected chi connectivity index (χ1v) is 14.9. The lowest BCUT2D eigenvalue weighted by atomic mass is 9.83. The summed E-state index contributed by atoms with van der Waals surface area (Å²) in [6.45, 7) is 0. The van der Waals surface area contributed by atoms with Crippen molar-refractivity contribution in [1.29, 1.82) is 0 Å². The third-order valence-electron chi connectivity index (χ3n) is 6.06. The second-order valence-corrected chi connectivity index (χ2v) is 10.9. The Labute approximate surface area is 230 Å². The van der Waals surface area contributed by atoms with Gasteiger partial charge < -0.3 is 37.8 Å². The number of hydrogen-bond donors (Lipinski definition) is 0. The minimum absolute atomic E-state index is 0.0562. The summed E-state index contributed by atoms with van der Waals surface area (Å²) in [5, 5.41) is 0. The number of benzene rings is 5. The molecule has 0 aromatic heterocycles. The van der Waals surface area contributed by atoms with Crippen molar-refractivity contribution in [2.24, 2.45) is 0 Å². The largest absolute Gasteiger partial charge is 0.780 e. The lowest BCUT2D eigenvalue weighted by Gasteiger charge is -2.36. The molecule has 0 saturated heterocycles. The molecule has 40 heavy (non-hydrogen) atoms. The van der Waals surface area contributed by atoms with Gasteiger partial charge in [-0.2, -0.15) is 0 Å². The van der Waals surface area contributed by atoms with Crippen LogP contribution in [0.4, 0.5) is 0 Å². The van der Waals surface area contributed by atoms with Crippen molar-refractivity contribution in [3.63, 3.8) is 0 Å². The zero-order valence-corrected chi connectivity index (χ0v) is 22.5. The van der Waals surface area contributed by atoms with Crippen LogP contribution >= 0.6 is 15.6 Å². The third kappa shape index (κ3) is 6.09. The maximum Gasteiger partial charge on any atom is 0.141 e. The van der Waals surface area contributed by atoms with E-state index in [0.717, 1.165) is 0 Å². The van der Waals surface area contributed by atoms with Crippen LogP contribution < -0.4 is 28.6 Å². The molecule has 0 atom stereocenters. The van der Waals surface area contributed by atoms with Crippen molar-refractivity contribution < 1.29 is 37.8 Å². The fraction of sp³-hybridized carbons (Fsp3) is 0. The van der Waals surface area contributed by atoms with E-state index in [1.807, 2.05) is 0 Å². The molecule has 0 aliphatic rings. The molecule has 0 aliphatic carbocycles. The zero-order chi connectivity index (χ0) is 28.3. The average Bonchev–Trinajstić information content (AvgIpc) is 2.93. The van der Waals surface area contributed by atoms with Gasteiger partial charge in [-0.05, 0) is 22.3 Å². The van der Waals surface area contributed by atoms with Crippen molar-refractivity contribution in [3.05, 3.63) is 121 Å². The van der Waals surface area contributed by atoms with E-state index in [0.29, 0.717) is 22.3 Å². The highest BCUT2D eigenvalue weighted by atomic mass is 31.2. The van der Waals surface area contributed by atoms with Gasteiger partial charge >= 0.3 is 0 Å². The van der Waals surface area contributed by atoms with Gasteiger partial charge in [0, 0.05) is 22.3 Å². The summed E-state index contributed by atoms with van der Waals surface area (Å²) in [5.41, 5.74) is 1.77. The SMILES string of the molecule is O=P([O-])([O-])Oc1c(-c2ccccc2)c(-c2ccccc2)c(OP(=O)([O-])[O-])c(-c2ccccc2)c1-c1ccccc1. The second-order valence-electron chi connectivity index (χ2n) is 8.70. The van der Waals surface area contributed by atoms with Crippen molar-refractivity contribution >= 4 is 15.6 Å². The molecular formula is C30H20O8P2-4. The third-order valence-corrected chi connectivity index (χ3v) is 6.88. The van der Waals surface area contributed by atoms with E-state index in [1.54, 1.807) is 121 Å². The van der Waals surface area contributed by atoms with Gasteiger partial charge in [-0.25, -0.2) is 0 Å². The van der Waals surface area contributed by atoms with E-state index in [4.69, 9.17) is 9.05 Å². The Morgan fingerprint density at radius 2 is 0.575 bits per heavy atom. The standard InChI is InChI=1S/C30H24O8P2/c31-39(32,33)37-29-25(21-13-5-1-6-14-21)26(22-15-7-2-8-16-22)30(38-40(34,35)36)28(24-19-11-4-12-20-24)27(29)23-17-9-3-10-18-23/h1-20H,(H2,31,32,33)(H2,34,35,36)/p-4. The highest BCUT2D eigenvalue weighted by Gasteiger charge is 2.30. The summed E-state index contributed by atoms with van der Waals surface area (Å²) < 4.78 is 35.0. The van der Waals surface area contributed by atoms with Crippen molar-refractivity contribution in [3.8, 4) is 56.0 Å². The van der Waals surface area contributed by atoms with Gasteiger partial charge in [0.25, 0.3) is 0 Å². The Morgan fingerprint density at radius 3 is 0.750 bits per heavy atom. The first-order valence-electron chi connectivity index (χ1n) is 12.0. The summed E-state index contributed by atoms with van der Waals surface area (Å²) in [7, 11) is -11.4. The van der Waals surface area contributed by atoms with Crippen LogP contribution in [0.15, 0.2) is 121 Å². The van der Waals surface area contributed by atoms with Crippen LogP contribution in [0.2, 0.25) is 0 Å². The van der Waals surface area contributed by atoms with Crippen LogP contribution in [-0.2, 0) is 9.13 Å².